The summed E-state index contributed by atoms with van der Waals surface area (Å²) >= 11 is 0. The number of nitrogens with one attached hydrogen (secondary N) is 1. The van der Waals surface area contributed by atoms with Gasteiger partial charge in [-0.05, 0) is 64.0 Å². The normalized spacial score (nSPS) is 19.1. The van der Waals surface area contributed by atoms with Gasteiger partial charge in [0.25, 0.3) is 0 Å². The van der Waals surface area contributed by atoms with Gasteiger partial charge in [-0.25, -0.2) is 0 Å². The van der Waals surface area contributed by atoms with Crippen molar-refractivity contribution in [3.63, 3.8) is 0 Å². The molecule has 1 unspecified atom stereocenters. The van der Waals surface area contributed by atoms with E-state index < -0.39 is 0 Å². The Bertz CT molecular complexity index is 439. The summed E-state index contributed by atoms with van der Waals surface area (Å²) in [4.78, 5) is 13.5. The lowest BCUT2D eigenvalue weighted by molar-refractivity contribution is 0.100. The van der Waals surface area contributed by atoms with Gasteiger partial charge in [-0.15, -0.1) is 0 Å². The number of nitrogens with two attached hydrogens (primary N) is 1. The van der Waals surface area contributed by atoms with Crippen molar-refractivity contribution in [1.82, 2.24) is 4.90 Å². The monoisotopic (exact) mass is 261 g/mol. The molecular formula is C15H23N3O. The van der Waals surface area contributed by atoms with Crippen molar-refractivity contribution in [2.24, 2.45) is 11.7 Å². The number of carbonyl (C=O) groups excluding carboxylic acids is 1. The Labute approximate surface area is 115 Å². The van der Waals surface area contributed by atoms with Crippen LogP contribution in [0.25, 0.3) is 0 Å². The lowest BCUT2D eigenvalue weighted by Gasteiger charge is -2.33. The van der Waals surface area contributed by atoms with Crippen LogP contribution in [0.5, 0.6) is 0 Å². The van der Waals surface area contributed by atoms with E-state index in [1.807, 2.05) is 18.2 Å². The van der Waals surface area contributed by atoms with Gasteiger partial charge in [-0.1, -0.05) is 6.07 Å². The van der Waals surface area contributed by atoms with Gasteiger partial charge in [0.15, 0.2) is 0 Å². The number of anilines is 1. The summed E-state index contributed by atoms with van der Waals surface area (Å²) in [6.45, 7) is 4.54. The maximum absolute atomic E-state index is 11.2. The second kappa shape index (κ2) is 6.06. The van der Waals surface area contributed by atoms with Crippen LogP contribution >= 0.6 is 0 Å². The molecule has 3 N–H and O–H groups in total. The number of primary amides is 1. The Hall–Kier alpha value is -1.55. The largest absolute Gasteiger partial charge is 0.382 e. The van der Waals surface area contributed by atoms with Crippen molar-refractivity contribution in [2.75, 3.05) is 25.5 Å². The molecule has 19 heavy (non-hydrogen) atoms. The number of carbonyl (C=O) groups is 1. The highest BCUT2D eigenvalue weighted by Crippen LogP contribution is 2.22. The van der Waals surface area contributed by atoms with Gasteiger partial charge in [0, 0.05) is 17.3 Å². The standard InChI is InChI=1S/C15H23N3O/c1-11(12-6-8-18(2)9-7-12)17-14-5-3-4-13(10-14)15(16)19/h3-5,10-12,17H,6-9H2,1-2H3,(H2,16,19). The topological polar surface area (TPSA) is 58.4 Å². The lowest BCUT2D eigenvalue weighted by Crippen LogP contribution is -2.37. The third-order valence-electron chi connectivity index (χ3n) is 4.01. The molecule has 1 aromatic carbocycles. The molecular weight excluding hydrogens is 238 g/mol. The average Bonchev–Trinajstić information content (AvgIpc) is 2.39. The molecule has 1 saturated heterocycles. The fourth-order valence-electron chi connectivity index (χ4n) is 2.67. The van der Waals surface area contributed by atoms with Crippen molar-refractivity contribution in [2.45, 2.75) is 25.8 Å². The van der Waals surface area contributed by atoms with Gasteiger partial charge >= 0.3 is 0 Å². The van der Waals surface area contributed by atoms with E-state index in [0.717, 1.165) is 18.8 Å². The quantitative estimate of drug-likeness (QED) is 0.870. The summed E-state index contributed by atoms with van der Waals surface area (Å²) < 4.78 is 0. The zero-order valence-corrected chi connectivity index (χ0v) is 11.7. The molecule has 0 bridgehead atoms. The molecule has 1 atom stereocenters. The maximum atomic E-state index is 11.2. The maximum Gasteiger partial charge on any atom is 0.248 e. The summed E-state index contributed by atoms with van der Waals surface area (Å²) in [5, 5.41) is 3.50. The van der Waals surface area contributed by atoms with E-state index >= 15 is 0 Å². The van der Waals surface area contributed by atoms with Crippen LogP contribution in [-0.2, 0) is 0 Å². The number of amides is 1. The van der Waals surface area contributed by atoms with E-state index in [1.165, 1.54) is 12.8 Å². The van der Waals surface area contributed by atoms with Crippen LogP contribution in [0.2, 0.25) is 0 Å². The van der Waals surface area contributed by atoms with E-state index in [2.05, 4.69) is 24.2 Å². The molecule has 2 rings (SSSR count). The van der Waals surface area contributed by atoms with E-state index in [1.54, 1.807) is 6.07 Å². The molecule has 1 heterocycles. The first-order chi connectivity index (χ1) is 9.06. The number of piperidine rings is 1. The van der Waals surface area contributed by atoms with Gasteiger partial charge in [0.2, 0.25) is 5.91 Å². The summed E-state index contributed by atoms with van der Waals surface area (Å²) in [6, 6.07) is 7.83. The fourth-order valence-corrected chi connectivity index (χ4v) is 2.67. The van der Waals surface area contributed by atoms with Gasteiger partial charge in [0.05, 0.1) is 0 Å². The van der Waals surface area contributed by atoms with Crippen molar-refractivity contribution in [3.05, 3.63) is 29.8 Å². The van der Waals surface area contributed by atoms with Crippen LogP contribution < -0.4 is 11.1 Å². The van der Waals surface area contributed by atoms with Crippen LogP contribution in [0.3, 0.4) is 0 Å². The molecule has 4 nitrogen and oxygen atoms in total. The van der Waals surface area contributed by atoms with Crippen molar-refractivity contribution in [3.8, 4) is 0 Å². The van der Waals surface area contributed by atoms with Crippen LogP contribution in [0.4, 0.5) is 5.69 Å². The predicted molar refractivity (Wildman–Crippen MR) is 78.3 cm³/mol. The average molecular weight is 261 g/mol. The van der Waals surface area contributed by atoms with Crippen molar-refractivity contribution >= 4 is 11.6 Å². The second-order valence-corrected chi connectivity index (χ2v) is 5.52. The smallest absolute Gasteiger partial charge is 0.248 e. The molecule has 1 aliphatic rings. The number of likely N-dealkylation sites (tertiary alicyclic amines) is 1. The molecule has 1 amide bonds. The molecule has 1 fully saturated rings. The molecule has 4 heteroatoms. The second-order valence-electron chi connectivity index (χ2n) is 5.52. The summed E-state index contributed by atoms with van der Waals surface area (Å²) in [7, 11) is 2.17. The minimum absolute atomic E-state index is 0.379. The van der Waals surface area contributed by atoms with E-state index in [4.69, 9.17) is 5.73 Å². The highest BCUT2D eigenvalue weighted by Gasteiger charge is 2.22. The Morgan fingerprint density at radius 3 is 2.74 bits per heavy atom. The van der Waals surface area contributed by atoms with Crippen molar-refractivity contribution < 1.29 is 4.79 Å². The molecule has 0 aliphatic carbocycles. The van der Waals surface area contributed by atoms with Crippen molar-refractivity contribution in [1.29, 1.82) is 0 Å². The summed E-state index contributed by atoms with van der Waals surface area (Å²) in [5.74, 6) is 0.309. The van der Waals surface area contributed by atoms with Crippen LogP contribution in [0.15, 0.2) is 24.3 Å². The lowest BCUT2D eigenvalue weighted by atomic mass is 9.90. The van der Waals surface area contributed by atoms with Gasteiger partial charge in [-0.2, -0.15) is 0 Å². The molecule has 0 aromatic heterocycles. The van der Waals surface area contributed by atoms with Crippen LogP contribution in [0, 0.1) is 5.92 Å². The Morgan fingerprint density at radius 1 is 1.42 bits per heavy atom. The van der Waals surface area contributed by atoms with E-state index in [0.29, 0.717) is 17.5 Å². The van der Waals surface area contributed by atoms with Gasteiger partial charge < -0.3 is 16.0 Å². The Kier molecular flexibility index (Phi) is 4.43. The predicted octanol–water partition coefficient (Wildman–Crippen LogP) is 1.93. The van der Waals surface area contributed by atoms with Crippen LogP contribution in [-0.4, -0.2) is 37.0 Å². The van der Waals surface area contributed by atoms with Gasteiger partial charge in [0.1, 0.15) is 0 Å². The Balaban J connectivity index is 1.96. The number of hydrogen-bond donors (Lipinski definition) is 2. The number of nitrogens with zero attached hydrogens (tertiary/aromatic N) is 1. The first-order valence-corrected chi connectivity index (χ1v) is 6.91. The molecule has 0 spiro atoms. The minimum Gasteiger partial charge on any atom is -0.382 e. The zero-order valence-electron chi connectivity index (χ0n) is 11.7. The molecule has 1 aromatic rings. The molecule has 1 aliphatic heterocycles. The third-order valence-corrected chi connectivity index (χ3v) is 4.01. The zero-order chi connectivity index (χ0) is 13.8. The summed E-state index contributed by atoms with van der Waals surface area (Å²) in [6.07, 6.45) is 2.44. The highest BCUT2D eigenvalue weighted by molar-refractivity contribution is 5.93. The SMILES string of the molecule is CC(Nc1cccc(C(N)=O)c1)C1CCN(C)CC1. The van der Waals surface area contributed by atoms with Gasteiger partial charge in [-0.3, -0.25) is 4.79 Å². The molecule has 0 saturated carbocycles. The number of rotatable bonds is 4. The number of benzene rings is 1. The summed E-state index contributed by atoms with van der Waals surface area (Å²) in [5.41, 5.74) is 6.83. The molecule has 104 valence electrons. The molecule has 0 radical (unpaired) electrons. The first-order valence-electron chi connectivity index (χ1n) is 6.91. The van der Waals surface area contributed by atoms with Crippen LogP contribution in [0.1, 0.15) is 30.1 Å². The number of hydrogen-bond acceptors (Lipinski definition) is 3. The van der Waals surface area contributed by atoms with E-state index in [-0.39, 0.29) is 5.91 Å². The third kappa shape index (κ3) is 3.70. The fraction of sp³-hybridized carbons (Fsp3) is 0.533. The Morgan fingerprint density at radius 2 is 2.11 bits per heavy atom. The van der Waals surface area contributed by atoms with E-state index in [9.17, 15) is 4.79 Å². The first kappa shape index (κ1) is 13.9. The minimum atomic E-state index is -0.379. The highest BCUT2D eigenvalue weighted by atomic mass is 16.1.